The summed E-state index contributed by atoms with van der Waals surface area (Å²) in [5, 5.41) is 3.87. The molecule has 2 aromatic carbocycles. The van der Waals surface area contributed by atoms with Gasteiger partial charge in [-0.1, -0.05) is 23.7 Å². The fraction of sp³-hybridized carbons (Fsp3) is 0.381. The second kappa shape index (κ2) is 9.30. The molecule has 0 aliphatic carbocycles. The van der Waals surface area contributed by atoms with Crippen LogP contribution in [0.25, 0.3) is 0 Å². The number of nitrogens with one attached hydrogen (secondary N) is 1. The maximum Gasteiger partial charge on any atom is 0.220 e. The molecule has 0 aliphatic heterocycles. The molecule has 134 valence electrons. The van der Waals surface area contributed by atoms with Crippen molar-refractivity contribution < 1.29 is 4.79 Å². The lowest BCUT2D eigenvalue weighted by atomic mass is 9.96. The number of carbonyl (C=O) groups is 1. The summed E-state index contributed by atoms with van der Waals surface area (Å²) in [6.07, 6.45) is 1.41. The summed E-state index contributed by atoms with van der Waals surface area (Å²) in [5.41, 5.74) is 4.99. The van der Waals surface area contributed by atoms with Gasteiger partial charge < -0.3 is 5.32 Å². The van der Waals surface area contributed by atoms with Crippen LogP contribution in [0, 0.1) is 20.8 Å². The summed E-state index contributed by atoms with van der Waals surface area (Å²) >= 11 is 7.63. The highest BCUT2D eigenvalue weighted by atomic mass is 35.5. The van der Waals surface area contributed by atoms with Gasteiger partial charge in [0.2, 0.25) is 5.91 Å². The van der Waals surface area contributed by atoms with E-state index in [0.29, 0.717) is 6.42 Å². The molecule has 2 nitrogen and oxygen atoms in total. The number of carbonyl (C=O) groups excluding carboxylic acids is 1. The zero-order valence-electron chi connectivity index (χ0n) is 15.4. The molecule has 0 bridgehead atoms. The van der Waals surface area contributed by atoms with E-state index < -0.39 is 0 Å². The van der Waals surface area contributed by atoms with E-state index >= 15 is 0 Å². The number of hydrogen-bond acceptors (Lipinski definition) is 2. The Balaban J connectivity index is 1.78. The van der Waals surface area contributed by atoms with Crippen molar-refractivity contribution in [2.24, 2.45) is 0 Å². The molecule has 0 aliphatic rings. The van der Waals surface area contributed by atoms with Gasteiger partial charge in [0, 0.05) is 16.3 Å². The van der Waals surface area contributed by atoms with Gasteiger partial charge in [-0.05, 0) is 86.4 Å². The zero-order valence-corrected chi connectivity index (χ0v) is 16.9. The Morgan fingerprint density at radius 2 is 1.72 bits per heavy atom. The third-order valence-corrected chi connectivity index (χ3v) is 5.71. The van der Waals surface area contributed by atoms with Crippen molar-refractivity contribution in [1.29, 1.82) is 0 Å². The summed E-state index contributed by atoms with van der Waals surface area (Å²) in [6.45, 7) is 8.39. The van der Waals surface area contributed by atoms with Crippen molar-refractivity contribution in [2.75, 3.05) is 5.75 Å². The maximum absolute atomic E-state index is 12.2. The average molecular weight is 376 g/mol. The number of hydrogen-bond donors (Lipinski definition) is 1. The third-order valence-electron chi connectivity index (χ3n) is 4.36. The molecule has 1 amide bonds. The quantitative estimate of drug-likeness (QED) is 0.474. The number of amides is 1. The Morgan fingerprint density at radius 3 is 2.40 bits per heavy atom. The molecule has 1 N–H and O–H groups in total. The fourth-order valence-electron chi connectivity index (χ4n) is 2.79. The van der Waals surface area contributed by atoms with Crippen LogP contribution in [-0.2, 0) is 4.79 Å². The van der Waals surface area contributed by atoms with E-state index in [0.717, 1.165) is 17.2 Å². The van der Waals surface area contributed by atoms with Crippen molar-refractivity contribution in [3.63, 3.8) is 0 Å². The zero-order chi connectivity index (χ0) is 18.4. The van der Waals surface area contributed by atoms with Gasteiger partial charge in [-0.3, -0.25) is 4.79 Å². The SMILES string of the molecule is Cc1cc(C)c(C(C)NC(=O)CCCSc2ccc(Cl)cc2)cc1C. The minimum atomic E-state index is 0.0377. The number of thioether (sulfide) groups is 1. The Kier molecular flexibility index (Phi) is 7.39. The first-order chi connectivity index (χ1) is 11.9. The van der Waals surface area contributed by atoms with Crippen molar-refractivity contribution in [3.05, 3.63) is 63.7 Å². The lowest BCUT2D eigenvalue weighted by Crippen LogP contribution is -2.27. The Morgan fingerprint density at radius 1 is 1.08 bits per heavy atom. The van der Waals surface area contributed by atoms with Gasteiger partial charge in [-0.15, -0.1) is 11.8 Å². The second-order valence-corrected chi connectivity index (χ2v) is 8.09. The van der Waals surface area contributed by atoms with E-state index in [1.807, 2.05) is 24.3 Å². The molecule has 1 atom stereocenters. The largest absolute Gasteiger partial charge is 0.350 e. The predicted molar refractivity (Wildman–Crippen MR) is 109 cm³/mol. The molecule has 25 heavy (non-hydrogen) atoms. The third kappa shape index (κ3) is 6.09. The monoisotopic (exact) mass is 375 g/mol. The van der Waals surface area contributed by atoms with Crippen molar-refractivity contribution >= 4 is 29.3 Å². The van der Waals surface area contributed by atoms with Crippen LogP contribution in [0.3, 0.4) is 0 Å². The van der Waals surface area contributed by atoms with E-state index in [1.54, 1.807) is 11.8 Å². The summed E-state index contributed by atoms with van der Waals surface area (Å²) in [4.78, 5) is 13.4. The van der Waals surface area contributed by atoms with Gasteiger partial charge in [0.25, 0.3) is 0 Å². The van der Waals surface area contributed by atoms with Crippen LogP contribution in [0.2, 0.25) is 5.02 Å². The van der Waals surface area contributed by atoms with Crippen LogP contribution in [0.15, 0.2) is 41.3 Å². The van der Waals surface area contributed by atoms with E-state index in [2.05, 4.69) is 45.1 Å². The normalized spacial score (nSPS) is 12.0. The summed E-state index contributed by atoms with van der Waals surface area (Å²) in [6, 6.07) is 12.2. The first-order valence-corrected chi connectivity index (χ1v) is 9.98. The molecular weight excluding hydrogens is 350 g/mol. The summed E-state index contributed by atoms with van der Waals surface area (Å²) < 4.78 is 0. The number of halogens is 1. The van der Waals surface area contributed by atoms with E-state index in [-0.39, 0.29) is 11.9 Å². The molecule has 1 unspecified atom stereocenters. The molecular formula is C21H26ClNOS. The molecule has 2 aromatic rings. The van der Waals surface area contributed by atoms with Gasteiger partial charge >= 0.3 is 0 Å². The Bertz CT molecular complexity index is 727. The molecule has 4 heteroatoms. The smallest absolute Gasteiger partial charge is 0.220 e. The van der Waals surface area contributed by atoms with Crippen molar-refractivity contribution in [3.8, 4) is 0 Å². The molecule has 2 rings (SSSR count). The highest BCUT2D eigenvalue weighted by Crippen LogP contribution is 2.23. The minimum absolute atomic E-state index is 0.0377. The predicted octanol–water partition coefficient (Wildman–Crippen LogP) is 6.01. The Hall–Kier alpha value is -1.45. The van der Waals surface area contributed by atoms with Crippen LogP contribution in [0.4, 0.5) is 0 Å². The summed E-state index contributed by atoms with van der Waals surface area (Å²) in [5.74, 6) is 1.04. The second-order valence-electron chi connectivity index (χ2n) is 6.49. The first-order valence-electron chi connectivity index (χ1n) is 8.62. The summed E-state index contributed by atoms with van der Waals surface area (Å²) in [7, 11) is 0. The van der Waals surface area contributed by atoms with Gasteiger partial charge in [0.1, 0.15) is 0 Å². The Labute approximate surface area is 160 Å². The highest BCUT2D eigenvalue weighted by Gasteiger charge is 2.12. The lowest BCUT2D eigenvalue weighted by Gasteiger charge is -2.18. The van der Waals surface area contributed by atoms with Gasteiger partial charge in [0.05, 0.1) is 6.04 Å². The molecule has 0 fully saturated rings. The molecule has 0 radical (unpaired) electrons. The lowest BCUT2D eigenvalue weighted by molar-refractivity contribution is -0.121. The van der Waals surface area contributed by atoms with Crippen LogP contribution in [-0.4, -0.2) is 11.7 Å². The number of rotatable bonds is 7. The standard InChI is InChI=1S/C21H26ClNOS/c1-14-12-16(3)20(13-15(14)2)17(4)23-21(24)6-5-11-25-19-9-7-18(22)8-10-19/h7-10,12-13,17H,5-6,11H2,1-4H3,(H,23,24). The molecule has 0 heterocycles. The average Bonchev–Trinajstić information content (AvgIpc) is 2.56. The number of benzene rings is 2. The fourth-order valence-corrected chi connectivity index (χ4v) is 3.77. The van der Waals surface area contributed by atoms with Gasteiger partial charge in [-0.25, -0.2) is 0 Å². The van der Waals surface area contributed by atoms with Gasteiger partial charge in [0.15, 0.2) is 0 Å². The first kappa shape index (κ1) is 19.9. The van der Waals surface area contributed by atoms with Crippen LogP contribution in [0.5, 0.6) is 0 Å². The topological polar surface area (TPSA) is 29.1 Å². The van der Waals surface area contributed by atoms with Crippen molar-refractivity contribution in [2.45, 2.75) is 51.5 Å². The molecule has 0 saturated carbocycles. The minimum Gasteiger partial charge on any atom is -0.350 e. The molecule has 0 saturated heterocycles. The molecule has 0 spiro atoms. The highest BCUT2D eigenvalue weighted by molar-refractivity contribution is 7.99. The van der Waals surface area contributed by atoms with Gasteiger partial charge in [-0.2, -0.15) is 0 Å². The van der Waals surface area contributed by atoms with Crippen LogP contribution in [0.1, 0.15) is 48.1 Å². The van der Waals surface area contributed by atoms with Crippen LogP contribution >= 0.6 is 23.4 Å². The molecule has 0 aromatic heterocycles. The van der Waals surface area contributed by atoms with E-state index in [1.165, 1.54) is 27.1 Å². The van der Waals surface area contributed by atoms with Crippen molar-refractivity contribution in [1.82, 2.24) is 5.32 Å². The maximum atomic E-state index is 12.2. The van der Waals surface area contributed by atoms with E-state index in [9.17, 15) is 4.79 Å². The van der Waals surface area contributed by atoms with Crippen LogP contribution < -0.4 is 5.32 Å². The van der Waals surface area contributed by atoms with E-state index in [4.69, 9.17) is 11.6 Å². The number of aryl methyl sites for hydroxylation is 3.